The first-order chi connectivity index (χ1) is 12.8. The highest BCUT2D eigenvalue weighted by Crippen LogP contribution is 2.29. The molecule has 1 aliphatic heterocycles. The number of amides is 2. The van der Waals surface area contributed by atoms with Gasteiger partial charge in [-0.2, -0.15) is 17.0 Å². The molecule has 0 saturated carbocycles. The van der Waals surface area contributed by atoms with E-state index in [9.17, 15) is 13.2 Å². The van der Waals surface area contributed by atoms with E-state index in [0.29, 0.717) is 29.7 Å². The molecule has 0 radical (unpaired) electrons. The van der Waals surface area contributed by atoms with Crippen LogP contribution >= 0.6 is 22.9 Å². The van der Waals surface area contributed by atoms with Gasteiger partial charge in [-0.05, 0) is 17.7 Å². The van der Waals surface area contributed by atoms with Crippen LogP contribution in [0.4, 0.5) is 9.93 Å². The summed E-state index contributed by atoms with van der Waals surface area (Å²) in [5, 5.41) is 6.56. The SMILES string of the molecule is CN(C)S(=O)(=O)N1CCc2nc(NC(=O)NCc3ccc(Cl)cc3)sc2C1. The third-order valence-corrected chi connectivity index (χ3v) is 7.21. The standard InChI is InChI=1S/C16H20ClN5O3S2/c1-21(2)27(24,25)22-8-7-13-14(10-22)26-16(19-13)20-15(23)18-9-11-3-5-12(17)6-4-11/h3-6H,7-10H2,1-2H3,(H2,18,19,20,23). The molecule has 3 rings (SSSR count). The molecular formula is C16H20ClN5O3S2. The number of carbonyl (C=O) groups excluding carboxylic acids is 1. The Morgan fingerprint density at radius 3 is 2.70 bits per heavy atom. The second-order valence-electron chi connectivity index (χ2n) is 6.20. The molecule has 2 aromatic rings. The highest BCUT2D eigenvalue weighted by atomic mass is 35.5. The van der Waals surface area contributed by atoms with Crippen molar-refractivity contribution < 1.29 is 13.2 Å². The maximum atomic E-state index is 12.3. The van der Waals surface area contributed by atoms with Crippen LogP contribution in [-0.4, -0.2) is 48.7 Å². The van der Waals surface area contributed by atoms with Crippen LogP contribution in [-0.2, 0) is 29.7 Å². The molecule has 146 valence electrons. The first-order valence-corrected chi connectivity index (χ1v) is 10.8. The molecule has 0 spiro atoms. The van der Waals surface area contributed by atoms with Gasteiger partial charge in [0.2, 0.25) is 0 Å². The van der Waals surface area contributed by atoms with Crippen LogP contribution in [0, 0.1) is 0 Å². The van der Waals surface area contributed by atoms with Crippen LogP contribution in [0.25, 0.3) is 0 Å². The Hall–Kier alpha value is -1.72. The molecule has 1 aliphatic rings. The van der Waals surface area contributed by atoms with Crippen LogP contribution in [0.5, 0.6) is 0 Å². The number of nitrogens with zero attached hydrogens (tertiary/aromatic N) is 3. The number of benzene rings is 1. The van der Waals surface area contributed by atoms with Crippen LogP contribution in [0.15, 0.2) is 24.3 Å². The van der Waals surface area contributed by atoms with Crippen molar-refractivity contribution in [3.8, 4) is 0 Å². The summed E-state index contributed by atoms with van der Waals surface area (Å²) in [4.78, 5) is 17.3. The molecule has 1 aromatic heterocycles. The average Bonchev–Trinajstić information content (AvgIpc) is 3.02. The lowest BCUT2D eigenvalue weighted by molar-refractivity contribution is 0.251. The zero-order valence-corrected chi connectivity index (χ0v) is 17.3. The van der Waals surface area contributed by atoms with Gasteiger partial charge < -0.3 is 5.32 Å². The molecule has 0 aliphatic carbocycles. The number of anilines is 1. The summed E-state index contributed by atoms with van der Waals surface area (Å²) in [6.45, 7) is 1.00. The van der Waals surface area contributed by atoms with Crippen molar-refractivity contribution in [3.05, 3.63) is 45.4 Å². The zero-order valence-electron chi connectivity index (χ0n) is 14.9. The summed E-state index contributed by atoms with van der Waals surface area (Å²) in [5.74, 6) is 0. The fourth-order valence-corrected chi connectivity index (χ4v) is 4.88. The predicted molar refractivity (Wildman–Crippen MR) is 106 cm³/mol. The van der Waals surface area contributed by atoms with Crippen LogP contribution in [0.1, 0.15) is 16.1 Å². The lowest BCUT2D eigenvalue weighted by Crippen LogP contribution is -2.42. The van der Waals surface area contributed by atoms with Crippen molar-refractivity contribution in [2.24, 2.45) is 0 Å². The smallest absolute Gasteiger partial charge is 0.321 e. The molecule has 27 heavy (non-hydrogen) atoms. The number of thiazole rings is 1. The van der Waals surface area contributed by atoms with E-state index in [1.165, 1.54) is 34.0 Å². The van der Waals surface area contributed by atoms with E-state index >= 15 is 0 Å². The van der Waals surface area contributed by atoms with Crippen LogP contribution in [0.2, 0.25) is 5.02 Å². The Labute approximate surface area is 167 Å². The fraction of sp³-hybridized carbons (Fsp3) is 0.375. The molecule has 0 bridgehead atoms. The normalized spacial score (nSPS) is 14.8. The summed E-state index contributed by atoms with van der Waals surface area (Å²) in [5.41, 5.74) is 1.76. The van der Waals surface area contributed by atoms with E-state index in [-0.39, 0.29) is 12.6 Å². The highest BCUT2D eigenvalue weighted by molar-refractivity contribution is 7.86. The number of fused-ring (bicyclic) bond motifs is 1. The van der Waals surface area contributed by atoms with Crippen molar-refractivity contribution in [1.82, 2.24) is 18.9 Å². The molecule has 0 atom stereocenters. The van der Waals surface area contributed by atoms with Crippen molar-refractivity contribution in [1.29, 1.82) is 0 Å². The lowest BCUT2D eigenvalue weighted by Gasteiger charge is -2.27. The molecule has 0 fully saturated rings. The second-order valence-corrected chi connectivity index (χ2v) is 9.86. The number of rotatable bonds is 5. The molecule has 2 N–H and O–H groups in total. The Kier molecular flexibility index (Phi) is 6.02. The molecule has 2 amide bonds. The molecular weight excluding hydrogens is 410 g/mol. The quantitative estimate of drug-likeness (QED) is 0.762. The summed E-state index contributed by atoms with van der Waals surface area (Å²) in [7, 11) is -0.443. The van der Waals surface area contributed by atoms with Crippen molar-refractivity contribution >= 4 is 44.3 Å². The minimum Gasteiger partial charge on any atom is -0.334 e. The van der Waals surface area contributed by atoms with E-state index in [4.69, 9.17) is 11.6 Å². The summed E-state index contributed by atoms with van der Waals surface area (Å²) in [6, 6.07) is 6.83. The van der Waals surface area contributed by atoms with Gasteiger partial charge in [0.05, 0.1) is 12.2 Å². The van der Waals surface area contributed by atoms with Gasteiger partial charge in [-0.25, -0.2) is 9.78 Å². The topological polar surface area (TPSA) is 94.6 Å². The minimum absolute atomic E-state index is 0.265. The minimum atomic E-state index is -3.46. The summed E-state index contributed by atoms with van der Waals surface area (Å²) < 4.78 is 27.1. The van der Waals surface area contributed by atoms with Crippen molar-refractivity contribution in [2.45, 2.75) is 19.5 Å². The number of nitrogens with one attached hydrogen (secondary N) is 2. The number of hydrogen-bond acceptors (Lipinski definition) is 5. The Morgan fingerprint density at radius 1 is 1.33 bits per heavy atom. The molecule has 11 heteroatoms. The Morgan fingerprint density at radius 2 is 2.04 bits per heavy atom. The van der Waals surface area contributed by atoms with Crippen LogP contribution < -0.4 is 10.6 Å². The van der Waals surface area contributed by atoms with Gasteiger partial charge in [-0.1, -0.05) is 35.1 Å². The lowest BCUT2D eigenvalue weighted by atomic mass is 10.2. The second kappa shape index (κ2) is 8.11. The molecule has 0 saturated heterocycles. The first kappa shape index (κ1) is 20.0. The van der Waals surface area contributed by atoms with E-state index < -0.39 is 10.2 Å². The third kappa shape index (κ3) is 4.77. The molecule has 2 heterocycles. The summed E-state index contributed by atoms with van der Waals surface area (Å²) >= 11 is 7.13. The largest absolute Gasteiger partial charge is 0.334 e. The van der Waals surface area contributed by atoms with Gasteiger partial charge in [0.15, 0.2) is 5.13 Å². The first-order valence-electron chi connectivity index (χ1n) is 8.21. The Balaban J connectivity index is 1.59. The zero-order chi connectivity index (χ0) is 19.6. The number of hydrogen-bond donors (Lipinski definition) is 2. The van der Waals surface area contributed by atoms with Gasteiger partial charge in [0.25, 0.3) is 10.2 Å². The van der Waals surface area contributed by atoms with E-state index in [0.717, 1.165) is 16.1 Å². The van der Waals surface area contributed by atoms with E-state index in [2.05, 4.69) is 15.6 Å². The monoisotopic (exact) mass is 429 g/mol. The van der Waals surface area contributed by atoms with Gasteiger partial charge >= 0.3 is 6.03 Å². The van der Waals surface area contributed by atoms with Crippen molar-refractivity contribution in [2.75, 3.05) is 26.0 Å². The van der Waals surface area contributed by atoms with E-state index in [1.54, 1.807) is 12.1 Å². The number of halogens is 1. The highest BCUT2D eigenvalue weighted by Gasteiger charge is 2.30. The maximum absolute atomic E-state index is 12.3. The molecule has 0 unspecified atom stereocenters. The van der Waals surface area contributed by atoms with E-state index in [1.807, 2.05) is 12.1 Å². The maximum Gasteiger partial charge on any atom is 0.321 e. The number of carbonyl (C=O) groups is 1. The third-order valence-electron chi connectivity index (χ3n) is 4.07. The molecule has 1 aromatic carbocycles. The predicted octanol–water partition coefficient (Wildman–Crippen LogP) is 2.28. The van der Waals surface area contributed by atoms with Gasteiger partial charge in [-0.3, -0.25) is 5.32 Å². The number of aromatic nitrogens is 1. The van der Waals surface area contributed by atoms with Crippen LogP contribution in [0.3, 0.4) is 0 Å². The average molecular weight is 430 g/mol. The fourth-order valence-electron chi connectivity index (χ4n) is 2.58. The Bertz CT molecular complexity index is 928. The van der Waals surface area contributed by atoms with Gasteiger partial charge in [0.1, 0.15) is 0 Å². The summed E-state index contributed by atoms with van der Waals surface area (Å²) in [6.07, 6.45) is 0.521. The van der Waals surface area contributed by atoms with Crippen molar-refractivity contribution in [3.63, 3.8) is 0 Å². The van der Waals surface area contributed by atoms with Gasteiger partial charge in [-0.15, -0.1) is 0 Å². The molecule has 8 nitrogen and oxygen atoms in total. The number of urea groups is 1. The van der Waals surface area contributed by atoms with Gasteiger partial charge in [0, 0.05) is 43.5 Å².